The van der Waals surface area contributed by atoms with E-state index in [1.165, 1.54) is 24.5 Å². The molecule has 2 aromatic carbocycles. The number of hydrogen-bond acceptors (Lipinski definition) is 5. The minimum absolute atomic E-state index is 0.234. The summed E-state index contributed by atoms with van der Waals surface area (Å²) in [4.78, 5) is 25.5. The highest BCUT2D eigenvalue weighted by Crippen LogP contribution is 2.37. The third-order valence-corrected chi connectivity index (χ3v) is 5.40. The van der Waals surface area contributed by atoms with Gasteiger partial charge in [-0.25, -0.2) is 4.79 Å². The Balaban J connectivity index is 2.01. The molecular formula is C22H20ClNO4S. The zero-order chi connectivity index (χ0) is 21.0. The van der Waals surface area contributed by atoms with E-state index in [4.69, 9.17) is 21.1 Å². The summed E-state index contributed by atoms with van der Waals surface area (Å²) < 4.78 is 10.5. The van der Waals surface area contributed by atoms with Crippen LogP contribution in [0.4, 0.5) is 5.00 Å². The number of ether oxygens (including phenoxy) is 2. The summed E-state index contributed by atoms with van der Waals surface area (Å²) in [6, 6.07) is 12.6. The molecule has 0 unspecified atom stereocenters. The highest BCUT2D eigenvalue weighted by atomic mass is 35.5. The molecule has 1 amide bonds. The maximum Gasteiger partial charge on any atom is 0.341 e. The van der Waals surface area contributed by atoms with E-state index in [1.807, 2.05) is 36.6 Å². The van der Waals surface area contributed by atoms with Crippen molar-refractivity contribution in [1.82, 2.24) is 0 Å². The fourth-order valence-corrected chi connectivity index (χ4v) is 3.95. The molecule has 1 N–H and O–H groups in total. The molecule has 0 radical (unpaired) electrons. The molecule has 0 aliphatic rings. The molecule has 0 fully saturated rings. The Bertz CT molecular complexity index is 1040. The van der Waals surface area contributed by atoms with Gasteiger partial charge in [-0.2, -0.15) is 0 Å². The fourth-order valence-electron chi connectivity index (χ4n) is 2.83. The summed E-state index contributed by atoms with van der Waals surface area (Å²) in [5.41, 5.74) is 3.30. The lowest BCUT2D eigenvalue weighted by Gasteiger charge is -2.11. The van der Waals surface area contributed by atoms with Gasteiger partial charge in [-0.3, -0.25) is 4.79 Å². The average Bonchev–Trinajstić information content (AvgIpc) is 3.12. The van der Waals surface area contributed by atoms with E-state index in [-0.39, 0.29) is 12.2 Å². The van der Waals surface area contributed by atoms with E-state index in [9.17, 15) is 9.59 Å². The van der Waals surface area contributed by atoms with Gasteiger partial charge >= 0.3 is 5.97 Å². The van der Waals surface area contributed by atoms with Crippen LogP contribution >= 0.6 is 22.9 Å². The summed E-state index contributed by atoms with van der Waals surface area (Å²) in [6.45, 7) is 3.97. The number of hydrogen-bond donors (Lipinski definition) is 1. The lowest BCUT2D eigenvalue weighted by molar-refractivity contribution is 0.0529. The zero-order valence-corrected chi connectivity index (χ0v) is 17.8. The number of thiophene rings is 1. The minimum atomic E-state index is -0.488. The van der Waals surface area contributed by atoms with Gasteiger partial charge in [0.05, 0.1) is 19.3 Å². The van der Waals surface area contributed by atoms with Crippen LogP contribution in [0.1, 0.15) is 33.2 Å². The zero-order valence-electron chi connectivity index (χ0n) is 16.2. The molecule has 0 spiro atoms. The Morgan fingerprint density at radius 1 is 1.14 bits per heavy atom. The smallest absolute Gasteiger partial charge is 0.341 e. The maximum absolute atomic E-state index is 12.9. The van der Waals surface area contributed by atoms with Gasteiger partial charge in [0.2, 0.25) is 0 Å². The van der Waals surface area contributed by atoms with Crippen molar-refractivity contribution in [2.45, 2.75) is 13.8 Å². The normalized spacial score (nSPS) is 10.5. The highest BCUT2D eigenvalue weighted by Gasteiger charge is 2.24. The number of anilines is 1. The van der Waals surface area contributed by atoms with E-state index < -0.39 is 11.9 Å². The van der Waals surface area contributed by atoms with Gasteiger partial charge in [0.15, 0.2) is 0 Å². The van der Waals surface area contributed by atoms with Crippen LogP contribution in [0.25, 0.3) is 11.1 Å². The number of halogens is 1. The average molecular weight is 430 g/mol. The monoisotopic (exact) mass is 429 g/mol. The van der Waals surface area contributed by atoms with E-state index in [0.717, 1.165) is 11.1 Å². The number of benzene rings is 2. The number of methoxy groups -OCH3 is 1. The van der Waals surface area contributed by atoms with Crippen molar-refractivity contribution < 1.29 is 19.1 Å². The minimum Gasteiger partial charge on any atom is -0.496 e. The lowest BCUT2D eigenvalue weighted by atomic mass is 10.0. The number of carbonyl (C=O) groups is 2. The first-order valence-corrected chi connectivity index (χ1v) is 10.2. The van der Waals surface area contributed by atoms with Crippen LogP contribution in [-0.2, 0) is 4.74 Å². The SMILES string of the molecule is CCOC(=O)c1c(-c2ccc(C)cc2)csc1NC(=O)c1cc(Cl)ccc1OC. The topological polar surface area (TPSA) is 64.6 Å². The van der Waals surface area contributed by atoms with E-state index in [1.54, 1.807) is 19.1 Å². The van der Waals surface area contributed by atoms with Crippen LogP contribution in [0.2, 0.25) is 5.02 Å². The van der Waals surface area contributed by atoms with E-state index in [2.05, 4.69) is 5.32 Å². The number of aryl methyl sites for hydroxylation is 1. The number of esters is 1. The van der Waals surface area contributed by atoms with Crippen molar-refractivity contribution >= 4 is 39.8 Å². The molecule has 0 bridgehead atoms. The Kier molecular flexibility index (Phi) is 6.56. The van der Waals surface area contributed by atoms with Gasteiger partial charge in [0.25, 0.3) is 5.91 Å². The number of amides is 1. The summed E-state index contributed by atoms with van der Waals surface area (Å²) in [5.74, 6) is -0.523. The summed E-state index contributed by atoms with van der Waals surface area (Å²) in [5, 5.41) is 5.46. The van der Waals surface area contributed by atoms with E-state index >= 15 is 0 Å². The fraction of sp³-hybridized carbons (Fsp3) is 0.182. The quantitative estimate of drug-likeness (QED) is 0.502. The number of rotatable bonds is 6. The Morgan fingerprint density at radius 3 is 2.52 bits per heavy atom. The molecule has 1 heterocycles. The van der Waals surface area contributed by atoms with Crippen molar-refractivity contribution in [3.63, 3.8) is 0 Å². The summed E-state index contributed by atoms with van der Waals surface area (Å²) >= 11 is 7.30. The second kappa shape index (κ2) is 9.11. The maximum atomic E-state index is 12.9. The third kappa shape index (κ3) is 4.60. The Labute approximate surface area is 178 Å². The predicted molar refractivity (Wildman–Crippen MR) is 116 cm³/mol. The van der Waals surface area contributed by atoms with Crippen molar-refractivity contribution in [3.05, 3.63) is 69.6 Å². The number of nitrogens with one attached hydrogen (secondary N) is 1. The van der Waals surface area contributed by atoms with Crippen molar-refractivity contribution in [1.29, 1.82) is 0 Å². The number of carbonyl (C=O) groups excluding carboxylic acids is 2. The van der Waals surface area contributed by atoms with E-state index in [0.29, 0.717) is 26.9 Å². The van der Waals surface area contributed by atoms with Gasteiger partial charge in [-0.1, -0.05) is 41.4 Å². The third-order valence-electron chi connectivity index (χ3n) is 4.27. The van der Waals surface area contributed by atoms with Crippen LogP contribution in [-0.4, -0.2) is 25.6 Å². The second-order valence-corrected chi connectivity index (χ2v) is 7.55. The first-order valence-electron chi connectivity index (χ1n) is 8.95. The first-order chi connectivity index (χ1) is 13.9. The molecule has 0 aliphatic heterocycles. The molecule has 1 aromatic heterocycles. The van der Waals surface area contributed by atoms with Gasteiger partial charge in [-0.05, 0) is 37.6 Å². The molecule has 5 nitrogen and oxygen atoms in total. The van der Waals surface area contributed by atoms with Crippen molar-refractivity contribution in [3.8, 4) is 16.9 Å². The van der Waals surface area contributed by atoms with Gasteiger partial charge in [-0.15, -0.1) is 11.3 Å². The van der Waals surface area contributed by atoms with Crippen LogP contribution in [0.3, 0.4) is 0 Å². The lowest BCUT2D eigenvalue weighted by Crippen LogP contribution is -2.15. The largest absolute Gasteiger partial charge is 0.496 e. The molecule has 0 aliphatic carbocycles. The van der Waals surface area contributed by atoms with Gasteiger partial charge in [0.1, 0.15) is 16.3 Å². The van der Waals surface area contributed by atoms with Gasteiger partial charge in [0, 0.05) is 16.0 Å². The molecule has 3 rings (SSSR count). The molecule has 7 heteroatoms. The van der Waals surface area contributed by atoms with Crippen LogP contribution in [0.5, 0.6) is 5.75 Å². The van der Waals surface area contributed by atoms with Gasteiger partial charge < -0.3 is 14.8 Å². The van der Waals surface area contributed by atoms with Crippen LogP contribution < -0.4 is 10.1 Å². The molecule has 150 valence electrons. The molecular weight excluding hydrogens is 410 g/mol. The highest BCUT2D eigenvalue weighted by molar-refractivity contribution is 7.15. The molecule has 29 heavy (non-hydrogen) atoms. The summed E-state index contributed by atoms with van der Waals surface area (Å²) in [7, 11) is 1.48. The predicted octanol–water partition coefficient (Wildman–Crippen LogP) is 5.81. The molecule has 0 saturated carbocycles. The molecule has 0 saturated heterocycles. The molecule has 0 atom stereocenters. The second-order valence-electron chi connectivity index (χ2n) is 6.24. The Morgan fingerprint density at radius 2 is 1.86 bits per heavy atom. The van der Waals surface area contributed by atoms with Crippen molar-refractivity contribution in [2.24, 2.45) is 0 Å². The Hall–Kier alpha value is -2.83. The summed E-state index contributed by atoms with van der Waals surface area (Å²) in [6.07, 6.45) is 0. The standard InChI is InChI=1S/C22H20ClNO4S/c1-4-28-22(26)19-17(14-7-5-13(2)6-8-14)12-29-21(19)24-20(25)16-11-15(23)9-10-18(16)27-3/h5-12H,4H2,1-3H3,(H,24,25). The molecule has 3 aromatic rings. The van der Waals surface area contributed by atoms with Crippen molar-refractivity contribution in [2.75, 3.05) is 19.0 Å². The first kappa shape index (κ1) is 20.9. The van der Waals surface area contributed by atoms with Crippen LogP contribution in [0.15, 0.2) is 47.8 Å². The van der Waals surface area contributed by atoms with Crippen LogP contribution in [0, 0.1) is 6.92 Å².